The molecule has 0 unspecified atom stereocenters. The van der Waals surface area contributed by atoms with Gasteiger partial charge in [-0.15, -0.1) is 0 Å². The first-order valence-electron chi connectivity index (χ1n) is 8.39. The Morgan fingerprint density at radius 2 is 1.41 bits per heavy atom. The summed E-state index contributed by atoms with van der Waals surface area (Å²) >= 11 is 10.2. The molecule has 6 nitrogen and oxygen atoms in total. The van der Waals surface area contributed by atoms with Crippen LogP contribution in [-0.2, 0) is 9.59 Å². The Morgan fingerprint density at radius 3 is 2.10 bits per heavy atom. The van der Waals surface area contributed by atoms with E-state index in [1.54, 1.807) is 24.3 Å². The summed E-state index contributed by atoms with van der Waals surface area (Å²) in [6, 6.07) is 16.8. The zero-order valence-electron chi connectivity index (χ0n) is 14.9. The van der Waals surface area contributed by atoms with Crippen LogP contribution in [0.4, 0.5) is 0 Å². The number of ether oxygens (including phenoxy) is 2. The van der Waals surface area contributed by atoms with E-state index in [2.05, 4.69) is 58.6 Å². The van der Waals surface area contributed by atoms with Crippen molar-refractivity contribution in [2.45, 2.75) is 0 Å². The molecule has 0 radical (unpaired) electrons. The topological polar surface area (TPSA) is 76.7 Å². The van der Waals surface area contributed by atoms with Crippen molar-refractivity contribution >= 4 is 70.4 Å². The van der Waals surface area contributed by atoms with Crippen LogP contribution in [0.15, 0.2) is 68.0 Å². The van der Waals surface area contributed by atoms with Gasteiger partial charge in [-0.2, -0.15) is 0 Å². The first-order valence-corrected chi connectivity index (χ1v) is 10.8. The second-order valence-electron chi connectivity index (χ2n) is 5.85. The van der Waals surface area contributed by atoms with Crippen LogP contribution in [0.2, 0.25) is 0 Å². The van der Waals surface area contributed by atoms with Crippen molar-refractivity contribution in [1.82, 2.24) is 10.9 Å². The molecule has 3 aromatic carbocycles. The highest BCUT2D eigenvalue weighted by atomic mass is 79.9. The predicted octanol–water partition coefficient (Wildman–Crippen LogP) is 4.73. The number of carbonyl (C=O) groups excluding carboxylic acids is 2. The zero-order valence-corrected chi connectivity index (χ0v) is 19.6. The van der Waals surface area contributed by atoms with Gasteiger partial charge in [0.25, 0.3) is 11.8 Å². The predicted molar refractivity (Wildman–Crippen MR) is 121 cm³/mol. The third-order valence-electron chi connectivity index (χ3n) is 3.78. The molecule has 9 heteroatoms. The van der Waals surface area contributed by atoms with E-state index in [1.165, 1.54) is 0 Å². The monoisotopic (exact) mass is 584 g/mol. The van der Waals surface area contributed by atoms with Crippen LogP contribution < -0.4 is 20.3 Å². The number of halogens is 3. The second-order valence-corrected chi connectivity index (χ2v) is 8.41. The molecule has 0 saturated heterocycles. The van der Waals surface area contributed by atoms with Gasteiger partial charge < -0.3 is 9.47 Å². The smallest absolute Gasteiger partial charge is 0.276 e. The fourth-order valence-corrected chi connectivity index (χ4v) is 4.18. The lowest BCUT2D eigenvalue weighted by atomic mass is 10.1. The van der Waals surface area contributed by atoms with Crippen molar-refractivity contribution in [2.75, 3.05) is 13.2 Å². The number of hydrazine groups is 1. The minimum absolute atomic E-state index is 0.252. The van der Waals surface area contributed by atoms with Gasteiger partial charge in [0.05, 0.1) is 8.95 Å². The molecule has 0 aromatic heterocycles. The van der Waals surface area contributed by atoms with Crippen molar-refractivity contribution in [3.8, 4) is 11.5 Å². The number of rotatable bonds is 6. The Labute approximate surface area is 192 Å². The molecule has 0 heterocycles. The Morgan fingerprint density at radius 1 is 0.793 bits per heavy atom. The lowest BCUT2D eigenvalue weighted by Gasteiger charge is -2.12. The third kappa shape index (κ3) is 5.94. The van der Waals surface area contributed by atoms with E-state index in [4.69, 9.17) is 9.47 Å². The second kappa shape index (κ2) is 10.1. The van der Waals surface area contributed by atoms with E-state index in [-0.39, 0.29) is 13.2 Å². The molecule has 0 aliphatic carbocycles. The first-order chi connectivity index (χ1) is 13.9. The maximum atomic E-state index is 11.9. The molecule has 2 N–H and O–H groups in total. The Kier molecular flexibility index (Phi) is 7.51. The van der Waals surface area contributed by atoms with Crippen LogP contribution in [0.1, 0.15) is 0 Å². The largest absolute Gasteiger partial charge is 0.483 e. The summed E-state index contributed by atoms with van der Waals surface area (Å²) in [5, 5.41) is 2.04. The number of benzene rings is 3. The summed E-state index contributed by atoms with van der Waals surface area (Å²) in [7, 11) is 0. The van der Waals surface area contributed by atoms with Gasteiger partial charge in [0.1, 0.15) is 11.5 Å². The van der Waals surface area contributed by atoms with Gasteiger partial charge in [-0.05, 0) is 66.9 Å². The van der Waals surface area contributed by atoms with Gasteiger partial charge in [0.2, 0.25) is 0 Å². The normalized spacial score (nSPS) is 10.4. The van der Waals surface area contributed by atoms with Gasteiger partial charge in [0.15, 0.2) is 13.2 Å². The molecule has 150 valence electrons. The molecule has 0 aliphatic rings. The minimum atomic E-state index is -0.500. The van der Waals surface area contributed by atoms with E-state index in [0.717, 1.165) is 19.7 Å². The fourth-order valence-electron chi connectivity index (χ4n) is 2.42. The van der Waals surface area contributed by atoms with E-state index in [0.29, 0.717) is 16.0 Å². The van der Waals surface area contributed by atoms with Crippen LogP contribution in [0, 0.1) is 0 Å². The van der Waals surface area contributed by atoms with Gasteiger partial charge in [0, 0.05) is 4.47 Å². The Balaban J connectivity index is 1.45. The number of hydrogen-bond acceptors (Lipinski definition) is 4. The van der Waals surface area contributed by atoms with Gasteiger partial charge in [-0.1, -0.05) is 46.3 Å². The van der Waals surface area contributed by atoms with Crippen molar-refractivity contribution in [3.05, 3.63) is 68.0 Å². The molecule has 0 aliphatic heterocycles. The van der Waals surface area contributed by atoms with Gasteiger partial charge in [-0.3, -0.25) is 20.4 Å². The lowest BCUT2D eigenvalue weighted by Crippen LogP contribution is -2.45. The highest BCUT2D eigenvalue weighted by Gasteiger charge is 2.10. The van der Waals surface area contributed by atoms with Crippen LogP contribution in [0.5, 0.6) is 11.5 Å². The molecule has 2 amide bonds. The summed E-state index contributed by atoms with van der Waals surface area (Å²) in [5.41, 5.74) is 4.58. The van der Waals surface area contributed by atoms with Crippen molar-refractivity contribution in [1.29, 1.82) is 0 Å². The van der Waals surface area contributed by atoms with Crippen molar-refractivity contribution < 1.29 is 19.1 Å². The standard InChI is InChI=1S/C20H15Br3N2O4/c21-13-6-8-16(15(22)9-13)28-10-18(26)24-25-19(27)11-29-17-7-5-12-3-1-2-4-14(12)20(17)23/h1-9H,10-11H2,(H,24,26)(H,25,27). The molecular weight excluding hydrogens is 572 g/mol. The van der Waals surface area contributed by atoms with Gasteiger partial charge >= 0.3 is 0 Å². The highest BCUT2D eigenvalue weighted by molar-refractivity contribution is 9.11. The number of fused-ring (bicyclic) bond motifs is 1. The quantitative estimate of drug-likeness (QED) is 0.410. The number of nitrogens with one attached hydrogen (secondary N) is 2. The minimum Gasteiger partial charge on any atom is -0.483 e. The molecule has 0 bridgehead atoms. The highest BCUT2D eigenvalue weighted by Crippen LogP contribution is 2.33. The van der Waals surface area contributed by atoms with Crippen molar-refractivity contribution in [3.63, 3.8) is 0 Å². The van der Waals surface area contributed by atoms with Crippen LogP contribution in [0.3, 0.4) is 0 Å². The van der Waals surface area contributed by atoms with E-state index >= 15 is 0 Å². The number of carbonyl (C=O) groups is 2. The first kappa shape index (κ1) is 21.6. The van der Waals surface area contributed by atoms with E-state index in [1.807, 2.05) is 30.3 Å². The molecule has 0 saturated carbocycles. The average Bonchev–Trinajstić information content (AvgIpc) is 2.71. The lowest BCUT2D eigenvalue weighted by molar-refractivity contribution is -0.131. The van der Waals surface area contributed by atoms with Gasteiger partial charge in [-0.25, -0.2) is 0 Å². The number of hydrogen-bond donors (Lipinski definition) is 2. The molecule has 3 aromatic rings. The summed E-state index contributed by atoms with van der Waals surface area (Å²) in [6.45, 7) is -0.506. The molecule has 0 spiro atoms. The maximum absolute atomic E-state index is 11.9. The molecule has 29 heavy (non-hydrogen) atoms. The SMILES string of the molecule is O=C(COc1ccc(Br)cc1Br)NNC(=O)COc1ccc2ccccc2c1Br. The zero-order chi connectivity index (χ0) is 20.8. The van der Waals surface area contributed by atoms with Crippen LogP contribution >= 0.6 is 47.8 Å². The maximum Gasteiger partial charge on any atom is 0.276 e. The average molecular weight is 587 g/mol. The molecular formula is C20H15Br3N2O4. The Bertz CT molecular complexity index is 1060. The fraction of sp³-hybridized carbons (Fsp3) is 0.100. The summed E-state index contributed by atoms with van der Waals surface area (Å²) in [6.07, 6.45) is 0. The number of amides is 2. The summed E-state index contributed by atoms with van der Waals surface area (Å²) in [4.78, 5) is 23.8. The van der Waals surface area contributed by atoms with Crippen LogP contribution in [-0.4, -0.2) is 25.0 Å². The molecule has 0 atom stereocenters. The van der Waals surface area contributed by atoms with Crippen LogP contribution in [0.25, 0.3) is 10.8 Å². The third-order valence-corrected chi connectivity index (χ3v) is 5.71. The summed E-state index contributed by atoms with van der Waals surface area (Å²) in [5.74, 6) is 0.0519. The molecule has 0 fully saturated rings. The van der Waals surface area contributed by atoms with E-state index < -0.39 is 11.8 Å². The van der Waals surface area contributed by atoms with E-state index in [9.17, 15) is 9.59 Å². The summed E-state index contributed by atoms with van der Waals surface area (Å²) < 4.78 is 13.3. The molecule has 3 rings (SSSR count). The Hall–Kier alpha value is -2.10. The van der Waals surface area contributed by atoms with Crippen molar-refractivity contribution in [2.24, 2.45) is 0 Å².